The summed E-state index contributed by atoms with van der Waals surface area (Å²) in [6.07, 6.45) is 6.33. The number of carbonyl (C=O) groups excluding carboxylic acids is 2. The molecule has 0 aromatic heterocycles. The van der Waals surface area contributed by atoms with Crippen LogP contribution in [0.2, 0.25) is 0 Å². The van der Waals surface area contributed by atoms with Crippen molar-refractivity contribution in [2.75, 3.05) is 32.7 Å². The van der Waals surface area contributed by atoms with Gasteiger partial charge in [-0.3, -0.25) is 4.79 Å². The Morgan fingerprint density at radius 2 is 1.86 bits per heavy atom. The minimum absolute atomic E-state index is 0.122. The van der Waals surface area contributed by atoms with E-state index in [1.54, 1.807) is 0 Å². The molecule has 1 spiro atoms. The van der Waals surface area contributed by atoms with Crippen molar-refractivity contribution in [3.8, 4) is 0 Å². The highest BCUT2D eigenvalue weighted by Crippen LogP contribution is 2.66. The van der Waals surface area contributed by atoms with Crippen LogP contribution in [0.15, 0.2) is 30.3 Å². The summed E-state index contributed by atoms with van der Waals surface area (Å²) >= 11 is 0. The van der Waals surface area contributed by atoms with Gasteiger partial charge in [-0.1, -0.05) is 30.3 Å². The number of aliphatic hydroxyl groups excluding tert-OH is 1. The quantitative estimate of drug-likeness (QED) is 0.682. The number of aliphatic hydroxyl groups is 1. The zero-order chi connectivity index (χ0) is 23.7. The molecule has 6 aliphatic rings. The molecule has 3 aliphatic carbocycles. The van der Waals surface area contributed by atoms with Crippen LogP contribution in [0.1, 0.15) is 56.4 Å². The molecule has 3 saturated carbocycles. The lowest BCUT2D eigenvalue weighted by Gasteiger charge is -2.44. The van der Waals surface area contributed by atoms with Gasteiger partial charge in [-0.15, -0.1) is 0 Å². The molecule has 2 N–H and O–H groups in total. The Morgan fingerprint density at radius 3 is 2.63 bits per heavy atom. The Kier molecular flexibility index (Phi) is 5.18. The van der Waals surface area contributed by atoms with Crippen molar-refractivity contribution in [2.24, 2.45) is 17.3 Å². The number of nitrogens with one attached hydrogen (secondary N) is 1. The molecular weight excluding hydrogens is 440 g/mol. The molecule has 7 rings (SSSR count). The molecule has 5 unspecified atom stereocenters. The van der Waals surface area contributed by atoms with E-state index in [4.69, 9.17) is 0 Å². The first kappa shape index (κ1) is 22.1. The Morgan fingerprint density at radius 1 is 1.09 bits per heavy atom. The van der Waals surface area contributed by atoms with E-state index in [0.717, 1.165) is 71.2 Å². The molecular formula is C28H38N4O3. The molecule has 0 bridgehead atoms. The summed E-state index contributed by atoms with van der Waals surface area (Å²) in [6, 6.07) is 11.9. The lowest BCUT2D eigenvalue weighted by Crippen LogP contribution is -2.59. The van der Waals surface area contributed by atoms with Crippen molar-refractivity contribution in [1.29, 1.82) is 0 Å². The predicted molar refractivity (Wildman–Crippen MR) is 132 cm³/mol. The second-order valence-corrected chi connectivity index (χ2v) is 12.1. The largest absolute Gasteiger partial charge is 0.393 e. The smallest absolute Gasteiger partial charge is 0.320 e. The normalized spacial score (nSPS) is 40.3. The van der Waals surface area contributed by atoms with Crippen LogP contribution in [-0.2, 0) is 4.79 Å². The van der Waals surface area contributed by atoms with Crippen LogP contribution in [-0.4, -0.2) is 88.7 Å². The molecule has 5 atom stereocenters. The molecule has 3 saturated heterocycles. The molecule has 3 amide bonds. The first-order valence-corrected chi connectivity index (χ1v) is 13.9. The molecule has 1 aromatic carbocycles. The van der Waals surface area contributed by atoms with Gasteiger partial charge in [-0.25, -0.2) is 4.79 Å². The van der Waals surface area contributed by atoms with Crippen molar-refractivity contribution in [3.63, 3.8) is 0 Å². The van der Waals surface area contributed by atoms with Crippen molar-refractivity contribution in [1.82, 2.24) is 20.0 Å². The molecule has 1 aromatic rings. The molecule has 6 fully saturated rings. The highest BCUT2D eigenvalue weighted by atomic mass is 16.3. The number of piperidine rings is 2. The zero-order valence-corrected chi connectivity index (χ0v) is 20.5. The number of hydrogen-bond acceptors (Lipinski definition) is 4. The van der Waals surface area contributed by atoms with Gasteiger partial charge in [0.05, 0.1) is 17.6 Å². The van der Waals surface area contributed by atoms with Crippen LogP contribution in [0.25, 0.3) is 0 Å². The third kappa shape index (κ3) is 3.52. The summed E-state index contributed by atoms with van der Waals surface area (Å²) in [4.78, 5) is 33.1. The van der Waals surface area contributed by atoms with Gasteiger partial charge >= 0.3 is 6.03 Å². The highest BCUT2D eigenvalue weighted by molar-refractivity contribution is 5.93. The topological polar surface area (TPSA) is 76.1 Å². The second kappa shape index (κ2) is 8.20. The van der Waals surface area contributed by atoms with Crippen molar-refractivity contribution >= 4 is 11.9 Å². The third-order valence-corrected chi connectivity index (χ3v) is 10.1. The lowest BCUT2D eigenvalue weighted by atomic mass is 9.90. The van der Waals surface area contributed by atoms with E-state index in [0.29, 0.717) is 29.7 Å². The van der Waals surface area contributed by atoms with Gasteiger partial charge in [-0.2, -0.15) is 0 Å². The maximum Gasteiger partial charge on any atom is 0.320 e. The Bertz CT molecular complexity index is 989. The van der Waals surface area contributed by atoms with Gasteiger partial charge in [0.15, 0.2) is 0 Å². The maximum atomic E-state index is 13.5. The van der Waals surface area contributed by atoms with E-state index in [2.05, 4.69) is 45.4 Å². The fourth-order valence-electron chi connectivity index (χ4n) is 7.97. The van der Waals surface area contributed by atoms with Gasteiger partial charge in [0.25, 0.3) is 0 Å². The molecule has 188 valence electrons. The molecule has 7 nitrogen and oxygen atoms in total. The Hall–Kier alpha value is -2.12. The summed E-state index contributed by atoms with van der Waals surface area (Å²) in [5.74, 6) is 1.79. The average molecular weight is 479 g/mol. The van der Waals surface area contributed by atoms with Crippen molar-refractivity contribution in [3.05, 3.63) is 35.9 Å². The minimum atomic E-state index is -0.297. The number of benzene rings is 1. The second-order valence-electron chi connectivity index (χ2n) is 12.1. The number of urea groups is 1. The summed E-state index contributed by atoms with van der Waals surface area (Å²) in [7, 11) is 0. The van der Waals surface area contributed by atoms with Crippen LogP contribution in [0.5, 0.6) is 0 Å². The van der Waals surface area contributed by atoms with E-state index in [9.17, 15) is 14.7 Å². The number of carbonyl (C=O) groups is 2. The van der Waals surface area contributed by atoms with E-state index >= 15 is 0 Å². The molecule has 3 aliphatic heterocycles. The SMILES string of the molecule is O=C(N1CC(CNC2CC2c2ccccc2)C1)N1CCCC23C(=O)N(C4CCC(O)CC4)CC2C13. The molecule has 3 heterocycles. The maximum absolute atomic E-state index is 13.5. The van der Waals surface area contributed by atoms with E-state index < -0.39 is 0 Å². The predicted octanol–water partition coefficient (Wildman–Crippen LogP) is 2.41. The van der Waals surface area contributed by atoms with Gasteiger partial charge in [0.1, 0.15) is 0 Å². The Labute approximate surface area is 207 Å². The van der Waals surface area contributed by atoms with Gasteiger partial charge in [0, 0.05) is 62.6 Å². The van der Waals surface area contributed by atoms with Crippen LogP contribution >= 0.6 is 0 Å². The third-order valence-electron chi connectivity index (χ3n) is 10.1. The summed E-state index contributed by atoms with van der Waals surface area (Å²) in [5, 5.41) is 13.6. The standard InChI is InChI=1S/C28H38N4O3/c33-21-9-7-20(8-10-21)32-17-23-25-28(23,26(32)34)11-4-12-31(25)27(35)30-15-18(16-30)14-29-24-13-22(24)19-5-2-1-3-6-19/h1-3,5-6,18,20-25,29,33H,4,7-17H2. The lowest BCUT2D eigenvalue weighted by molar-refractivity contribution is -0.139. The van der Waals surface area contributed by atoms with Crippen LogP contribution in [0.4, 0.5) is 4.79 Å². The summed E-state index contributed by atoms with van der Waals surface area (Å²) in [5.41, 5.74) is 1.13. The van der Waals surface area contributed by atoms with E-state index in [1.807, 2.05) is 4.90 Å². The monoisotopic (exact) mass is 478 g/mol. The van der Waals surface area contributed by atoms with Crippen molar-refractivity contribution in [2.45, 2.75) is 75.1 Å². The first-order chi connectivity index (χ1) is 17.1. The number of likely N-dealkylation sites (tertiary alicyclic amines) is 3. The van der Waals surface area contributed by atoms with Crippen LogP contribution in [0.3, 0.4) is 0 Å². The highest BCUT2D eigenvalue weighted by Gasteiger charge is 2.78. The van der Waals surface area contributed by atoms with Gasteiger partial charge < -0.3 is 25.1 Å². The summed E-state index contributed by atoms with van der Waals surface area (Å²) < 4.78 is 0. The number of hydrogen-bond donors (Lipinski definition) is 2. The number of rotatable bonds is 5. The summed E-state index contributed by atoms with van der Waals surface area (Å²) in [6.45, 7) is 4.26. The van der Waals surface area contributed by atoms with Gasteiger partial charge in [-0.05, 0) is 50.5 Å². The van der Waals surface area contributed by atoms with Crippen molar-refractivity contribution < 1.29 is 14.7 Å². The van der Waals surface area contributed by atoms with E-state index in [1.165, 1.54) is 12.0 Å². The fourth-order valence-corrected chi connectivity index (χ4v) is 7.97. The Balaban J connectivity index is 0.902. The van der Waals surface area contributed by atoms with Crippen LogP contribution < -0.4 is 5.32 Å². The number of fused-ring (bicyclic) bond motifs is 1. The van der Waals surface area contributed by atoms with E-state index in [-0.39, 0.29) is 29.6 Å². The molecule has 7 heteroatoms. The minimum Gasteiger partial charge on any atom is -0.393 e. The first-order valence-electron chi connectivity index (χ1n) is 13.9. The van der Waals surface area contributed by atoms with Gasteiger partial charge in [0.2, 0.25) is 5.91 Å². The van der Waals surface area contributed by atoms with Crippen LogP contribution in [0, 0.1) is 17.3 Å². The zero-order valence-electron chi connectivity index (χ0n) is 20.5. The number of nitrogens with zero attached hydrogens (tertiary/aromatic N) is 3. The number of amides is 3. The molecule has 35 heavy (non-hydrogen) atoms. The fraction of sp³-hybridized carbons (Fsp3) is 0.714. The average Bonchev–Trinajstić information content (AvgIpc) is 3.75. The molecule has 0 radical (unpaired) electrons.